The Kier molecular flexibility index (Phi) is 5.28. The molecule has 34 heavy (non-hydrogen) atoms. The zero-order chi connectivity index (χ0) is 24.1. The number of nitrogens with zero attached hydrogens (tertiary/aromatic N) is 4. The van der Waals surface area contributed by atoms with Crippen molar-refractivity contribution in [3.63, 3.8) is 0 Å². The lowest BCUT2D eigenvalue weighted by molar-refractivity contribution is -0.137. The fourth-order valence-corrected chi connectivity index (χ4v) is 5.47. The molecule has 0 unspecified atom stereocenters. The third kappa shape index (κ3) is 3.67. The Balaban J connectivity index is 1.68. The van der Waals surface area contributed by atoms with Gasteiger partial charge in [-0.15, -0.1) is 21.5 Å². The monoisotopic (exact) mass is 476 g/mol. The quantitative estimate of drug-likeness (QED) is 0.425. The van der Waals surface area contributed by atoms with Crippen molar-refractivity contribution in [3.05, 3.63) is 81.5 Å². The first-order chi connectivity index (χ1) is 16.2. The van der Waals surface area contributed by atoms with Gasteiger partial charge in [-0.2, -0.15) is 0 Å². The van der Waals surface area contributed by atoms with Crippen LogP contribution in [0.15, 0.2) is 47.5 Å². The number of aliphatic carboxylic acids is 1. The highest BCUT2D eigenvalue weighted by molar-refractivity contribution is 7.15. The molecule has 2 N–H and O–H groups in total. The van der Waals surface area contributed by atoms with E-state index in [4.69, 9.17) is 4.99 Å². The maximum atomic E-state index is 13.8. The molecular formula is C25H21FN4O3S. The Morgan fingerprint density at radius 2 is 1.76 bits per heavy atom. The van der Waals surface area contributed by atoms with Crippen molar-refractivity contribution in [2.24, 2.45) is 4.99 Å². The van der Waals surface area contributed by atoms with E-state index >= 15 is 0 Å². The molecule has 1 aliphatic heterocycles. The van der Waals surface area contributed by atoms with Gasteiger partial charge in [0.2, 0.25) is 0 Å². The SMILES string of the molecule is Cc1sc2c(c1C)C(c1ccc(-c3cc(O)cc(F)c3)cc1)=N[C@@H](CC(=O)O)c1nnc(C)n1-2. The number of rotatable bonds is 4. The van der Waals surface area contributed by atoms with Gasteiger partial charge in [-0.3, -0.25) is 14.4 Å². The average Bonchev–Trinajstić information content (AvgIpc) is 3.25. The smallest absolute Gasteiger partial charge is 0.306 e. The molecule has 0 saturated carbocycles. The number of fused-ring (bicyclic) bond motifs is 3. The van der Waals surface area contributed by atoms with Gasteiger partial charge in [0.15, 0.2) is 5.82 Å². The molecule has 172 valence electrons. The second kappa shape index (κ2) is 8.18. The van der Waals surface area contributed by atoms with Crippen LogP contribution in [-0.2, 0) is 4.79 Å². The summed E-state index contributed by atoms with van der Waals surface area (Å²) in [5.74, 6) is -0.457. The third-order valence-corrected chi connectivity index (χ3v) is 7.17. The molecule has 0 aliphatic carbocycles. The predicted octanol–water partition coefficient (Wildman–Crippen LogP) is 5.13. The molecule has 0 radical (unpaired) electrons. The third-order valence-electron chi connectivity index (χ3n) is 5.98. The minimum atomic E-state index is -0.972. The largest absolute Gasteiger partial charge is 0.508 e. The number of aliphatic imine (C=N–C) groups is 1. The molecular weight excluding hydrogens is 455 g/mol. The van der Waals surface area contributed by atoms with Crippen LogP contribution in [-0.4, -0.2) is 36.7 Å². The number of halogens is 1. The van der Waals surface area contributed by atoms with Crippen molar-refractivity contribution in [1.82, 2.24) is 14.8 Å². The second-order valence-electron chi connectivity index (χ2n) is 8.27. The maximum absolute atomic E-state index is 13.8. The van der Waals surface area contributed by atoms with Crippen molar-refractivity contribution in [2.45, 2.75) is 33.2 Å². The zero-order valence-corrected chi connectivity index (χ0v) is 19.5. The van der Waals surface area contributed by atoms with E-state index in [1.54, 1.807) is 11.3 Å². The number of benzene rings is 2. The van der Waals surface area contributed by atoms with E-state index in [0.29, 0.717) is 22.9 Å². The Hall–Kier alpha value is -3.85. The highest BCUT2D eigenvalue weighted by Crippen LogP contribution is 2.39. The van der Waals surface area contributed by atoms with E-state index in [9.17, 15) is 19.4 Å². The van der Waals surface area contributed by atoms with Crippen molar-refractivity contribution in [2.75, 3.05) is 0 Å². The number of phenols is 1. The van der Waals surface area contributed by atoms with E-state index < -0.39 is 17.8 Å². The Labute approximate surface area is 198 Å². The molecule has 7 nitrogen and oxygen atoms in total. The molecule has 0 amide bonds. The lowest BCUT2D eigenvalue weighted by Crippen LogP contribution is -2.10. The number of hydrogen-bond acceptors (Lipinski definition) is 6. The number of aromatic hydroxyl groups is 1. The molecule has 0 saturated heterocycles. The topological polar surface area (TPSA) is 101 Å². The molecule has 3 heterocycles. The van der Waals surface area contributed by atoms with Gasteiger partial charge < -0.3 is 10.2 Å². The van der Waals surface area contributed by atoms with Crippen LogP contribution in [0, 0.1) is 26.6 Å². The highest BCUT2D eigenvalue weighted by Gasteiger charge is 2.32. The molecule has 0 fully saturated rings. The first kappa shape index (κ1) is 22.0. The van der Waals surface area contributed by atoms with Gasteiger partial charge in [0.05, 0.1) is 12.1 Å². The van der Waals surface area contributed by atoms with E-state index in [1.165, 1.54) is 12.1 Å². The molecule has 1 aliphatic rings. The van der Waals surface area contributed by atoms with E-state index in [2.05, 4.69) is 10.2 Å². The first-order valence-electron chi connectivity index (χ1n) is 10.7. The molecule has 1 atom stereocenters. The number of phenolic OH excluding ortho intramolecular Hbond substituents is 1. The number of carboxylic acids is 1. The van der Waals surface area contributed by atoms with E-state index in [0.717, 1.165) is 38.2 Å². The number of hydrogen-bond donors (Lipinski definition) is 2. The molecule has 0 bridgehead atoms. The van der Waals surface area contributed by atoms with Crippen LogP contribution in [0.1, 0.15) is 45.7 Å². The second-order valence-corrected chi connectivity index (χ2v) is 9.47. The Bertz CT molecular complexity index is 1450. The summed E-state index contributed by atoms with van der Waals surface area (Å²) in [5.41, 5.74) is 4.77. The van der Waals surface area contributed by atoms with Crippen LogP contribution in [0.25, 0.3) is 16.1 Å². The van der Waals surface area contributed by atoms with Gasteiger partial charge in [0.1, 0.15) is 28.4 Å². The van der Waals surface area contributed by atoms with Crippen LogP contribution >= 0.6 is 11.3 Å². The summed E-state index contributed by atoms with van der Waals surface area (Å²) in [4.78, 5) is 17.7. The minimum absolute atomic E-state index is 0.142. The van der Waals surface area contributed by atoms with Crippen molar-refractivity contribution in [1.29, 1.82) is 0 Å². The summed E-state index contributed by atoms with van der Waals surface area (Å²) >= 11 is 1.60. The number of thiophene rings is 1. The Morgan fingerprint density at radius 3 is 2.44 bits per heavy atom. The average molecular weight is 477 g/mol. The zero-order valence-electron chi connectivity index (χ0n) is 18.7. The van der Waals surface area contributed by atoms with Crippen molar-refractivity contribution >= 4 is 23.0 Å². The summed E-state index contributed by atoms with van der Waals surface area (Å²) in [6, 6.07) is 10.7. The van der Waals surface area contributed by atoms with Crippen LogP contribution < -0.4 is 0 Å². The standard InChI is InChI=1S/C25H21FN4O3S/c1-12-13(2)34-25-22(12)23(27-20(11-21(32)33)24-29-28-14(3)30(24)25)16-6-4-15(5-7-16)17-8-18(26)10-19(31)9-17/h4-10,20,31H,11H2,1-3H3,(H,32,33)/t20-/m0/s1. The van der Waals surface area contributed by atoms with Crippen LogP contribution in [0.2, 0.25) is 0 Å². The van der Waals surface area contributed by atoms with Gasteiger partial charge in [0.25, 0.3) is 0 Å². The summed E-state index contributed by atoms with van der Waals surface area (Å²) in [7, 11) is 0. The van der Waals surface area contributed by atoms with Crippen LogP contribution in [0.3, 0.4) is 0 Å². The molecule has 4 aromatic rings. The molecule has 0 spiro atoms. The normalized spacial score (nSPS) is 14.8. The Morgan fingerprint density at radius 1 is 1.06 bits per heavy atom. The van der Waals surface area contributed by atoms with Gasteiger partial charge in [-0.1, -0.05) is 24.3 Å². The lowest BCUT2D eigenvalue weighted by atomic mass is 9.97. The van der Waals surface area contributed by atoms with E-state index in [1.807, 2.05) is 49.6 Å². The fraction of sp³-hybridized carbons (Fsp3) is 0.200. The minimum Gasteiger partial charge on any atom is -0.508 e. The predicted molar refractivity (Wildman–Crippen MR) is 128 cm³/mol. The summed E-state index contributed by atoms with van der Waals surface area (Å²) in [5, 5.41) is 28.7. The molecule has 2 aromatic carbocycles. The number of carbonyl (C=O) groups is 1. The van der Waals surface area contributed by atoms with E-state index in [-0.39, 0.29) is 12.2 Å². The number of aromatic nitrogens is 3. The van der Waals surface area contributed by atoms with Crippen LogP contribution in [0.5, 0.6) is 5.75 Å². The summed E-state index contributed by atoms with van der Waals surface area (Å²) in [6.07, 6.45) is -0.213. The fourth-order valence-electron chi connectivity index (χ4n) is 4.25. The molecule has 2 aromatic heterocycles. The molecule has 5 rings (SSSR count). The van der Waals surface area contributed by atoms with Gasteiger partial charge in [-0.05, 0) is 49.6 Å². The highest BCUT2D eigenvalue weighted by atomic mass is 32.1. The van der Waals surface area contributed by atoms with Gasteiger partial charge in [0, 0.05) is 22.1 Å². The van der Waals surface area contributed by atoms with Gasteiger partial charge >= 0.3 is 5.97 Å². The number of carboxylic acid groups (broad SMARTS) is 1. The van der Waals surface area contributed by atoms with Crippen LogP contribution in [0.4, 0.5) is 4.39 Å². The lowest BCUT2D eigenvalue weighted by Gasteiger charge is -2.11. The van der Waals surface area contributed by atoms with Crippen molar-refractivity contribution < 1.29 is 19.4 Å². The summed E-state index contributed by atoms with van der Waals surface area (Å²) in [6.45, 7) is 5.91. The first-order valence-corrected chi connectivity index (χ1v) is 11.5. The molecule has 9 heteroatoms. The summed E-state index contributed by atoms with van der Waals surface area (Å²) < 4.78 is 15.7. The number of aryl methyl sites for hydroxylation is 2. The van der Waals surface area contributed by atoms with Gasteiger partial charge in [-0.25, -0.2) is 4.39 Å². The maximum Gasteiger partial charge on any atom is 0.306 e. The van der Waals surface area contributed by atoms with Crippen molar-refractivity contribution in [3.8, 4) is 21.9 Å².